The fourth-order valence-corrected chi connectivity index (χ4v) is 5.29. The summed E-state index contributed by atoms with van der Waals surface area (Å²) in [6.07, 6.45) is 5.08. The van der Waals surface area contributed by atoms with Gasteiger partial charge < -0.3 is 9.84 Å². The first kappa shape index (κ1) is 19.7. The van der Waals surface area contributed by atoms with Gasteiger partial charge in [0.25, 0.3) is 0 Å². The average Bonchev–Trinajstić information content (AvgIpc) is 3.14. The minimum atomic E-state index is -0.279. The molecule has 0 bridgehead atoms. The van der Waals surface area contributed by atoms with E-state index in [1.165, 1.54) is 0 Å². The number of benzene rings is 1. The lowest BCUT2D eigenvalue weighted by molar-refractivity contribution is 0.183. The van der Waals surface area contributed by atoms with Gasteiger partial charge in [0.05, 0.1) is 6.67 Å². The third-order valence-electron chi connectivity index (χ3n) is 4.89. The van der Waals surface area contributed by atoms with Gasteiger partial charge in [-0.2, -0.15) is 0 Å². The minimum Gasteiger partial charge on any atom is -0.508 e. The number of alkyl halides is 1. The van der Waals surface area contributed by atoms with Gasteiger partial charge in [-0.3, -0.25) is 9.29 Å². The largest absolute Gasteiger partial charge is 0.508 e. The van der Waals surface area contributed by atoms with Crippen LogP contribution in [0.25, 0.3) is 5.57 Å². The number of phenolic OH excluding ortho intramolecular Hbond substituents is 1. The van der Waals surface area contributed by atoms with Crippen molar-refractivity contribution in [2.75, 3.05) is 32.1 Å². The fraction of sp³-hybridized carbons (Fsp3) is 0.400. The number of halogens is 2. The van der Waals surface area contributed by atoms with Gasteiger partial charge in [0, 0.05) is 58.3 Å². The van der Waals surface area contributed by atoms with Gasteiger partial charge in [-0.25, -0.2) is 9.97 Å². The van der Waals surface area contributed by atoms with Crippen LogP contribution in [0.4, 0.5) is 4.39 Å². The van der Waals surface area contributed by atoms with E-state index in [2.05, 4.69) is 30.8 Å². The summed E-state index contributed by atoms with van der Waals surface area (Å²) >= 11 is 5.35. The second-order valence-corrected chi connectivity index (χ2v) is 8.85. The van der Waals surface area contributed by atoms with Crippen LogP contribution < -0.4 is 4.74 Å². The number of phenols is 1. The summed E-state index contributed by atoms with van der Waals surface area (Å²) in [6.45, 7) is 2.20. The lowest BCUT2D eigenvalue weighted by Gasteiger charge is -2.20. The van der Waals surface area contributed by atoms with Crippen molar-refractivity contribution in [2.24, 2.45) is 0 Å². The lowest BCUT2D eigenvalue weighted by Crippen LogP contribution is -2.26. The van der Waals surface area contributed by atoms with Crippen LogP contribution in [0.15, 0.2) is 40.0 Å². The van der Waals surface area contributed by atoms with Gasteiger partial charge in [-0.15, -0.1) is 11.8 Å². The predicted octanol–water partition coefficient (Wildman–Crippen LogP) is 4.25. The second kappa shape index (κ2) is 8.80. The topological polar surface area (TPSA) is 58.5 Å². The summed E-state index contributed by atoms with van der Waals surface area (Å²) in [5.41, 5.74) is 3.00. The quantitative estimate of drug-likeness (QED) is 0.687. The Hall–Kier alpha value is -1.64. The molecule has 0 radical (unpaired) electrons. The summed E-state index contributed by atoms with van der Waals surface area (Å²) in [5.74, 6) is 1.06. The molecule has 8 heteroatoms. The van der Waals surface area contributed by atoms with Crippen LogP contribution in [0, 0.1) is 0 Å². The zero-order valence-corrected chi connectivity index (χ0v) is 17.7. The number of likely N-dealkylation sites (tertiary alicyclic amines) is 1. The number of nitrogens with zero attached hydrogens (tertiary/aromatic N) is 3. The monoisotopic (exact) mass is 465 g/mol. The van der Waals surface area contributed by atoms with Crippen molar-refractivity contribution in [1.29, 1.82) is 0 Å². The first-order chi connectivity index (χ1) is 13.6. The van der Waals surface area contributed by atoms with Crippen molar-refractivity contribution in [3.8, 4) is 11.8 Å². The van der Waals surface area contributed by atoms with Crippen molar-refractivity contribution >= 4 is 33.3 Å². The zero-order chi connectivity index (χ0) is 19.5. The maximum absolute atomic E-state index is 12.3. The van der Waals surface area contributed by atoms with Crippen LogP contribution in [0.1, 0.15) is 24.0 Å². The van der Waals surface area contributed by atoms with Gasteiger partial charge in [-0.05, 0) is 36.6 Å². The van der Waals surface area contributed by atoms with E-state index in [0.29, 0.717) is 12.4 Å². The van der Waals surface area contributed by atoms with Crippen molar-refractivity contribution < 1.29 is 14.2 Å². The van der Waals surface area contributed by atoms with Crippen molar-refractivity contribution in [3.05, 3.63) is 46.2 Å². The first-order valence-corrected chi connectivity index (χ1v) is 11.0. The summed E-state index contributed by atoms with van der Waals surface area (Å²) < 4.78 is 19.3. The first-order valence-electron chi connectivity index (χ1n) is 9.26. The third kappa shape index (κ3) is 4.34. The van der Waals surface area contributed by atoms with E-state index in [4.69, 9.17) is 4.74 Å². The van der Waals surface area contributed by atoms with Crippen molar-refractivity contribution in [3.63, 3.8) is 0 Å². The molecule has 5 nitrogen and oxygen atoms in total. The summed E-state index contributed by atoms with van der Waals surface area (Å²) in [5, 5.41) is 9.75. The summed E-state index contributed by atoms with van der Waals surface area (Å²) in [4.78, 5) is 12.1. The van der Waals surface area contributed by atoms with E-state index in [9.17, 15) is 9.50 Å². The van der Waals surface area contributed by atoms with Gasteiger partial charge in [0.1, 0.15) is 11.9 Å². The molecule has 0 amide bonds. The highest BCUT2D eigenvalue weighted by molar-refractivity contribution is 9.12. The molecule has 1 fully saturated rings. The predicted molar refractivity (Wildman–Crippen MR) is 112 cm³/mol. The van der Waals surface area contributed by atoms with E-state index in [1.54, 1.807) is 36.3 Å². The van der Waals surface area contributed by atoms with Crippen molar-refractivity contribution in [2.45, 2.75) is 23.8 Å². The molecule has 1 atom stereocenters. The number of hydrogen-bond donors (Lipinski definition) is 1. The second-order valence-electron chi connectivity index (χ2n) is 6.88. The Bertz CT molecular complexity index is 878. The average molecular weight is 466 g/mol. The number of aromatic nitrogens is 2. The molecule has 2 aliphatic rings. The summed E-state index contributed by atoms with van der Waals surface area (Å²) in [6, 6.07) is 5.77. The molecule has 1 saturated heterocycles. The molecule has 4 rings (SSSR count). The third-order valence-corrected chi connectivity index (χ3v) is 7.02. The maximum Gasteiger partial charge on any atom is 0.316 e. The van der Waals surface area contributed by atoms with E-state index in [-0.39, 0.29) is 18.5 Å². The number of thioether (sulfide) groups is 1. The molecule has 3 heterocycles. The van der Waals surface area contributed by atoms with Gasteiger partial charge in [-0.1, -0.05) is 15.9 Å². The van der Waals surface area contributed by atoms with Gasteiger partial charge in [0.15, 0.2) is 0 Å². The van der Waals surface area contributed by atoms with E-state index >= 15 is 0 Å². The number of rotatable bonds is 6. The van der Waals surface area contributed by atoms with Crippen LogP contribution in [0.2, 0.25) is 0 Å². The van der Waals surface area contributed by atoms with Crippen LogP contribution in [0.3, 0.4) is 0 Å². The number of fused-ring (bicyclic) bond motifs is 1. The normalized spacial score (nSPS) is 19.7. The zero-order valence-electron chi connectivity index (χ0n) is 15.3. The highest BCUT2D eigenvalue weighted by Crippen LogP contribution is 2.43. The Morgan fingerprint density at radius 3 is 2.93 bits per heavy atom. The Morgan fingerprint density at radius 2 is 2.14 bits per heavy atom. The molecule has 1 aromatic heterocycles. The molecular weight excluding hydrogens is 445 g/mol. The van der Waals surface area contributed by atoms with E-state index in [0.717, 1.165) is 57.9 Å². The van der Waals surface area contributed by atoms with Crippen LogP contribution in [-0.4, -0.2) is 58.1 Å². The van der Waals surface area contributed by atoms with Gasteiger partial charge in [0.2, 0.25) is 0 Å². The van der Waals surface area contributed by atoms with Gasteiger partial charge >= 0.3 is 6.01 Å². The minimum absolute atomic E-state index is 0.0474. The number of aromatic hydroxyl groups is 1. The Balaban J connectivity index is 1.47. The Kier molecular flexibility index (Phi) is 6.18. The van der Waals surface area contributed by atoms with Crippen LogP contribution in [0.5, 0.6) is 11.8 Å². The highest BCUT2D eigenvalue weighted by Gasteiger charge is 2.25. The molecule has 0 spiro atoms. The molecule has 2 aliphatic heterocycles. The Labute approximate surface area is 176 Å². The smallest absolute Gasteiger partial charge is 0.316 e. The molecule has 0 saturated carbocycles. The molecule has 28 heavy (non-hydrogen) atoms. The molecule has 0 unspecified atom stereocenters. The standard InChI is InChI=1S/C20H21BrFN3O2S/c21-17-12-28-18-8-14(26)2-3-16(18)19(17)13-9-23-20(24-10-13)27-15-4-7-25(11-15)6-1-5-22/h2-3,8-10,15,26H,1,4-7,11-12H2/t15-/m0/s1. The number of hydrogen-bond acceptors (Lipinski definition) is 6. The molecule has 0 aliphatic carbocycles. The number of ether oxygens (including phenoxy) is 1. The summed E-state index contributed by atoms with van der Waals surface area (Å²) in [7, 11) is 0. The van der Waals surface area contributed by atoms with E-state index in [1.807, 2.05) is 6.07 Å². The van der Waals surface area contributed by atoms with Crippen LogP contribution >= 0.6 is 27.7 Å². The van der Waals surface area contributed by atoms with Crippen LogP contribution in [-0.2, 0) is 0 Å². The molecular formula is C20H21BrFN3O2S. The van der Waals surface area contributed by atoms with E-state index < -0.39 is 0 Å². The molecule has 1 N–H and O–H groups in total. The van der Waals surface area contributed by atoms with Crippen molar-refractivity contribution in [1.82, 2.24) is 14.9 Å². The molecule has 2 aromatic rings. The lowest BCUT2D eigenvalue weighted by atomic mass is 9.99. The Morgan fingerprint density at radius 1 is 1.32 bits per heavy atom. The highest BCUT2D eigenvalue weighted by atomic mass is 79.9. The fourth-order valence-electron chi connectivity index (χ4n) is 3.54. The molecule has 1 aromatic carbocycles. The molecule has 148 valence electrons. The SMILES string of the molecule is Oc1ccc2c(c1)SCC(Br)=C2c1cnc(O[C@H]2CCN(CCCF)C2)nc1. The maximum atomic E-state index is 12.3.